The molecule has 2 aliphatic carbocycles. The molecule has 0 aromatic rings. The van der Waals surface area contributed by atoms with Crippen molar-refractivity contribution in [3.05, 3.63) is 0 Å². The van der Waals surface area contributed by atoms with Crippen LogP contribution in [0.15, 0.2) is 0 Å². The SMILES string of the molecule is CN(CCC(=O)NC1CC1)CC1CC(O)C1. The van der Waals surface area contributed by atoms with Crippen LogP contribution in [0.4, 0.5) is 0 Å². The van der Waals surface area contributed by atoms with Gasteiger partial charge in [0.1, 0.15) is 0 Å². The van der Waals surface area contributed by atoms with Gasteiger partial charge in [0.15, 0.2) is 0 Å². The van der Waals surface area contributed by atoms with Crippen LogP contribution >= 0.6 is 0 Å². The highest BCUT2D eigenvalue weighted by Crippen LogP contribution is 2.27. The zero-order valence-corrected chi connectivity index (χ0v) is 9.98. The van der Waals surface area contributed by atoms with Crippen LogP contribution in [-0.2, 0) is 4.79 Å². The lowest BCUT2D eigenvalue weighted by Crippen LogP contribution is -2.38. The molecule has 0 aromatic carbocycles. The largest absolute Gasteiger partial charge is 0.393 e. The van der Waals surface area contributed by atoms with Gasteiger partial charge >= 0.3 is 0 Å². The third kappa shape index (κ3) is 3.76. The molecule has 0 heterocycles. The standard InChI is InChI=1S/C12H22N2O2/c1-14(8-9-6-11(15)7-9)5-4-12(16)13-10-2-3-10/h9-11,15H,2-8H2,1H3,(H,13,16). The highest BCUT2D eigenvalue weighted by atomic mass is 16.3. The number of nitrogens with one attached hydrogen (secondary N) is 1. The van der Waals surface area contributed by atoms with Crippen LogP contribution < -0.4 is 5.32 Å². The van der Waals surface area contributed by atoms with E-state index in [9.17, 15) is 9.90 Å². The predicted octanol–water partition coefficient (Wildman–Crippen LogP) is 0.358. The zero-order chi connectivity index (χ0) is 11.5. The van der Waals surface area contributed by atoms with E-state index in [1.165, 1.54) is 0 Å². The van der Waals surface area contributed by atoms with E-state index in [1.807, 2.05) is 0 Å². The maximum Gasteiger partial charge on any atom is 0.221 e. The Labute approximate surface area is 97.0 Å². The van der Waals surface area contributed by atoms with Crippen LogP contribution in [-0.4, -0.2) is 48.2 Å². The van der Waals surface area contributed by atoms with Gasteiger partial charge in [-0.1, -0.05) is 0 Å². The molecule has 0 aromatic heterocycles. The number of hydrogen-bond donors (Lipinski definition) is 2. The summed E-state index contributed by atoms with van der Waals surface area (Å²) in [6, 6.07) is 0.472. The zero-order valence-electron chi connectivity index (χ0n) is 9.98. The Hall–Kier alpha value is -0.610. The molecule has 2 N–H and O–H groups in total. The first-order valence-electron chi connectivity index (χ1n) is 6.29. The fraction of sp³-hybridized carbons (Fsp3) is 0.917. The monoisotopic (exact) mass is 226 g/mol. The third-order valence-electron chi connectivity index (χ3n) is 3.44. The molecule has 4 nitrogen and oxygen atoms in total. The van der Waals surface area contributed by atoms with Crippen molar-refractivity contribution in [2.45, 2.75) is 44.2 Å². The Morgan fingerprint density at radius 3 is 2.69 bits per heavy atom. The molecule has 2 saturated carbocycles. The number of rotatable bonds is 6. The van der Waals surface area contributed by atoms with E-state index in [2.05, 4.69) is 17.3 Å². The molecule has 0 bridgehead atoms. The Kier molecular flexibility index (Phi) is 3.82. The number of aliphatic hydroxyl groups excluding tert-OH is 1. The average Bonchev–Trinajstić information content (AvgIpc) is 2.96. The molecular formula is C12H22N2O2. The molecule has 2 rings (SSSR count). The predicted molar refractivity (Wildman–Crippen MR) is 62.0 cm³/mol. The number of carbonyl (C=O) groups is 1. The summed E-state index contributed by atoms with van der Waals surface area (Å²) in [7, 11) is 2.05. The first-order valence-corrected chi connectivity index (χ1v) is 6.29. The first-order chi connectivity index (χ1) is 7.63. The molecule has 92 valence electrons. The minimum absolute atomic E-state index is 0.0726. The maximum atomic E-state index is 11.4. The molecule has 0 unspecified atom stereocenters. The Balaban J connectivity index is 1.52. The summed E-state index contributed by atoms with van der Waals surface area (Å²) in [4.78, 5) is 13.6. The van der Waals surface area contributed by atoms with Gasteiger partial charge in [-0.3, -0.25) is 4.79 Å². The van der Waals surface area contributed by atoms with Crippen molar-refractivity contribution in [2.75, 3.05) is 20.1 Å². The first kappa shape index (κ1) is 11.9. The normalized spacial score (nSPS) is 28.9. The third-order valence-corrected chi connectivity index (χ3v) is 3.44. The number of aliphatic hydroxyl groups is 1. The Morgan fingerprint density at radius 2 is 2.12 bits per heavy atom. The van der Waals surface area contributed by atoms with E-state index in [4.69, 9.17) is 0 Å². The fourth-order valence-electron chi connectivity index (χ4n) is 2.20. The van der Waals surface area contributed by atoms with Gasteiger partial charge < -0.3 is 15.3 Å². The molecule has 0 saturated heterocycles. The molecular weight excluding hydrogens is 204 g/mol. The van der Waals surface area contributed by atoms with Crippen molar-refractivity contribution in [1.82, 2.24) is 10.2 Å². The number of hydrogen-bond acceptors (Lipinski definition) is 3. The smallest absolute Gasteiger partial charge is 0.221 e. The van der Waals surface area contributed by atoms with Crippen molar-refractivity contribution >= 4 is 5.91 Å². The van der Waals surface area contributed by atoms with E-state index in [-0.39, 0.29) is 12.0 Å². The van der Waals surface area contributed by atoms with Crippen LogP contribution in [0.25, 0.3) is 0 Å². The van der Waals surface area contributed by atoms with Gasteiger partial charge in [-0.15, -0.1) is 0 Å². The Bertz CT molecular complexity index is 247. The van der Waals surface area contributed by atoms with E-state index < -0.39 is 0 Å². The second-order valence-electron chi connectivity index (χ2n) is 5.35. The molecule has 16 heavy (non-hydrogen) atoms. The minimum Gasteiger partial charge on any atom is -0.393 e. The van der Waals surface area contributed by atoms with Crippen molar-refractivity contribution < 1.29 is 9.90 Å². The lowest BCUT2D eigenvalue weighted by Gasteiger charge is -2.34. The van der Waals surface area contributed by atoms with Crippen LogP contribution in [0.1, 0.15) is 32.1 Å². The summed E-state index contributed by atoms with van der Waals surface area (Å²) in [6.45, 7) is 1.83. The molecule has 2 fully saturated rings. The molecule has 1 amide bonds. The summed E-state index contributed by atoms with van der Waals surface area (Å²) < 4.78 is 0. The van der Waals surface area contributed by atoms with Gasteiger partial charge in [0.05, 0.1) is 6.10 Å². The summed E-state index contributed by atoms with van der Waals surface area (Å²) in [5.74, 6) is 0.814. The Morgan fingerprint density at radius 1 is 1.44 bits per heavy atom. The van der Waals surface area contributed by atoms with E-state index in [0.717, 1.165) is 38.8 Å². The minimum atomic E-state index is -0.0726. The van der Waals surface area contributed by atoms with Crippen LogP contribution in [0.3, 0.4) is 0 Å². The second kappa shape index (κ2) is 5.15. The van der Waals surface area contributed by atoms with Gasteiger partial charge in [0.25, 0.3) is 0 Å². The van der Waals surface area contributed by atoms with Gasteiger partial charge in [-0.05, 0) is 38.6 Å². The van der Waals surface area contributed by atoms with Gasteiger partial charge in [-0.25, -0.2) is 0 Å². The number of amides is 1. The van der Waals surface area contributed by atoms with Crippen LogP contribution in [0, 0.1) is 5.92 Å². The summed E-state index contributed by atoms with van der Waals surface area (Å²) >= 11 is 0. The summed E-state index contributed by atoms with van der Waals surface area (Å²) in [6.07, 6.45) is 4.69. The summed E-state index contributed by atoms with van der Waals surface area (Å²) in [5.41, 5.74) is 0. The van der Waals surface area contributed by atoms with Crippen molar-refractivity contribution in [3.8, 4) is 0 Å². The molecule has 0 spiro atoms. The van der Waals surface area contributed by atoms with Crippen molar-refractivity contribution in [2.24, 2.45) is 5.92 Å². The van der Waals surface area contributed by atoms with Crippen molar-refractivity contribution in [3.63, 3.8) is 0 Å². The fourth-order valence-corrected chi connectivity index (χ4v) is 2.20. The molecule has 0 atom stereocenters. The van der Waals surface area contributed by atoms with Crippen LogP contribution in [0.5, 0.6) is 0 Å². The van der Waals surface area contributed by atoms with E-state index in [0.29, 0.717) is 18.4 Å². The van der Waals surface area contributed by atoms with Crippen molar-refractivity contribution in [1.29, 1.82) is 0 Å². The van der Waals surface area contributed by atoms with Gasteiger partial charge in [0.2, 0.25) is 5.91 Å². The highest BCUT2D eigenvalue weighted by molar-refractivity contribution is 5.76. The summed E-state index contributed by atoms with van der Waals surface area (Å²) in [5, 5.41) is 12.2. The lowest BCUT2D eigenvalue weighted by atomic mass is 9.82. The lowest BCUT2D eigenvalue weighted by molar-refractivity contribution is -0.121. The molecule has 0 radical (unpaired) electrons. The number of carbonyl (C=O) groups excluding carboxylic acids is 1. The molecule has 4 heteroatoms. The second-order valence-corrected chi connectivity index (χ2v) is 5.35. The van der Waals surface area contributed by atoms with Gasteiger partial charge in [0, 0.05) is 25.6 Å². The average molecular weight is 226 g/mol. The number of nitrogens with zero attached hydrogens (tertiary/aromatic N) is 1. The quantitative estimate of drug-likeness (QED) is 0.687. The van der Waals surface area contributed by atoms with E-state index >= 15 is 0 Å². The topological polar surface area (TPSA) is 52.6 Å². The maximum absolute atomic E-state index is 11.4. The van der Waals surface area contributed by atoms with Gasteiger partial charge in [-0.2, -0.15) is 0 Å². The molecule has 0 aliphatic heterocycles. The van der Waals surface area contributed by atoms with Crippen LogP contribution in [0.2, 0.25) is 0 Å². The highest BCUT2D eigenvalue weighted by Gasteiger charge is 2.28. The molecule has 2 aliphatic rings. The van der Waals surface area contributed by atoms with E-state index in [1.54, 1.807) is 0 Å².